The number of aryl methyl sites for hydroxylation is 1. The number of nitrogens with zero attached hydrogens (tertiary/aromatic N) is 2. The first-order chi connectivity index (χ1) is 14.6. The lowest BCUT2D eigenvalue weighted by molar-refractivity contribution is -0.138. The molecule has 1 aliphatic heterocycles. The Bertz CT molecular complexity index is 1040. The van der Waals surface area contributed by atoms with Crippen molar-refractivity contribution in [3.8, 4) is 0 Å². The van der Waals surface area contributed by atoms with Crippen LogP contribution in [0.1, 0.15) is 37.8 Å². The van der Waals surface area contributed by atoms with Crippen molar-refractivity contribution in [2.24, 2.45) is 5.92 Å². The molecule has 1 N–H and O–H groups in total. The summed E-state index contributed by atoms with van der Waals surface area (Å²) < 4.78 is 27.7. The maximum atomic E-state index is 13.5. The molecule has 3 rings (SSSR count). The molecule has 7 nitrogen and oxygen atoms in total. The van der Waals surface area contributed by atoms with Crippen LogP contribution in [0.15, 0.2) is 59.5 Å². The fraction of sp³-hybridized carbons (Fsp3) is 0.391. The van der Waals surface area contributed by atoms with Crippen LogP contribution < -0.4 is 0 Å². The summed E-state index contributed by atoms with van der Waals surface area (Å²) in [7, 11) is -4.21. The van der Waals surface area contributed by atoms with Gasteiger partial charge in [0.15, 0.2) is 0 Å². The standard InChI is InChI=1S/C23H28N2O5S/c1-16(2)13-20-21(14-22(26)27)25(31(29,30)19-11-9-17(3)10-12-19)23(28)24(20)15-18-7-5-4-6-8-18/h4-12,16,20-21H,13-15H2,1-3H3,(H,26,27)/t20-,21-/m0/s1. The van der Waals surface area contributed by atoms with Gasteiger partial charge < -0.3 is 10.0 Å². The number of urea groups is 1. The largest absolute Gasteiger partial charge is 0.481 e. The Labute approximate surface area is 183 Å². The molecular formula is C23H28N2O5S. The van der Waals surface area contributed by atoms with Crippen molar-refractivity contribution in [2.45, 2.75) is 57.1 Å². The fourth-order valence-corrected chi connectivity index (χ4v) is 5.60. The summed E-state index contributed by atoms with van der Waals surface area (Å²) in [4.78, 5) is 26.6. The molecule has 0 spiro atoms. The van der Waals surface area contributed by atoms with Gasteiger partial charge in [-0.1, -0.05) is 61.9 Å². The second-order valence-corrected chi connectivity index (χ2v) is 10.2. The molecule has 2 aromatic carbocycles. The number of amides is 2. The summed E-state index contributed by atoms with van der Waals surface area (Å²) in [5, 5.41) is 9.53. The third kappa shape index (κ3) is 4.90. The Morgan fingerprint density at radius 1 is 1.03 bits per heavy atom. The van der Waals surface area contributed by atoms with E-state index in [1.54, 1.807) is 12.1 Å². The van der Waals surface area contributed by atoms with Crippen LogP contribution in [0.4, 0.5) is 4.79 Å². The van der Waals surface area contributed by atoms with Crippen LogP contribution in [0.5, 0.6) is 0 Å². The number of hydrogen-bond donors (Lipinski definition) is 1. The van der Waals surface area contributed by atoms with E-state index in [1.807, 2.05) is 51.1 Å². The number of sulfonamides is 1. The normalized spacial score (nSPS) is 19.3. The van der Waals surface area contributed by atoms with Crippen LogP contribution in [0.2, 0.25) is 0 Å². The van der Waals surface area contributed by atoms with Crippen molar-refractivity contribution in [3.05, 3.63) is 65.7 Å². The number of hydrogen-bond acceptors (Lipinski definition) is 4. The van der Waals surface area contributed by atoms with E-state index < -0.39 is 40.5 Å². The summed E-state index contributed by atoms with van der Waals surface area (Å²) in [5.74, 6) is -0.994. The Kier molecular flexibility index (Phi) is 6.69. The SMILES string of the molecule is Cc1ccc(S(=O)(=O)N2C(=O)N(Cc3ccccc3)[C@@H](CC(C)C)[C@@H]2CC(=O)O)cc1. The van der Waals surface area contributed by atoms with E-state index in [0.717, 1.165) is 15.4 Å². The van der Waals surface area contributed by atoms with Gasteiger partial charge in [-0.25, -0.2) is 17.5 Å². The first-order valence-corrected chi connectivity index (χ1v) is 11.7. The molecule has 31 heavy (non-hydrogen) atoms. The van der Waals surface area contributed by atoms with E-state index in [-0.39, 0.29) is 17.4 Å². The Morgan fingerprint density at radius 2 is 1.65 bits per heavy atom. The summed E-state index contributed by atoms with van der Waals surface area (Å²) in [5.41, 5.74) is 1.74. The number of aliphatic carboxylic acids is 1. The van der Waals surface area contributed by atoms with Crippen LogP contribution in [0.3, 0.4) is 0 Å². The van der Waals surface area contributed by atoms with Gasteiger partial charge in [0.1, 0.15) is 0 Å². The van der Waals surface area contributed by atoms with E-state index in [9.17, 15) is 23.1 Å². The fourth-order valence-electron chi connectivity index (χ4n) is 4.01. The molecule has 1 saturated heterocycles. The number of carboxylic acid groups (broad SMARTS) is 1. The zero-order chi connectivity index (χ0) is 22.8. The van der Waals surface area contributed by atoms with Crippen molar-refractivity contribution < 1.29 is 23.1 Å². The average Bonchev–Trinajstić information content (AvgIpc) is 2.94. The second kappa shape index (κ2) is 9.09. The van der Waals surface area contributed by atoms with Gasteiger partial charge >= 0.3 is 12.0 Å². The van der Waals surface area contributed by atoms with Gasteiger partial charge in [0.2, 0.25) is 0 Å². The van der Waals surface area contributed by atoms with Gasteiger partial charge in [0.25, 0.3) is 10.0 Å². The molecule has 166 valence electrons. The van der Waals surface area contributed by atoms with Gasteiger partial charge in [-0.15, -0.1) is 0 Å². The van der Waals surface area contributed by atoms with E-state index in [4.69, 9.17) is 0 Å². The molecule has 0 aliphatic carbocycles. The molecule has 0 unspecified atom stereocenters. The highest BCUT2D eigenvalue weighted by Crippen LogP contribution is 2.35. The molecular weight excluding hydrogens is 416 g/mol. The van der Waals surface area contributed by atoms with E-state index in [0.29, 0.717) is 6.42 Å². The van der Waals surface area contributed by atoms with E-state index >= 15 is 0 Å². The molecule has 1 fully saturated rings. The molecule has 2 amide bonds. The minimum absolute atomic E-state index is 0.0216. The number of carbonyl (C=O) groups is 2. The Hall–Kier alpha value is -2.87. The minimum atomic E-state index is -4.21. The molecule has 2 aromatic rings. The van der Waals surface area contributed by atoms with Crippen LogP contribution >= 0.6 is 0 Å². The Morgan fingerprint density at radius 3 is 2.19 bits per heavy atom. The quantitative estimate of drug-likeness (QED) is 0.667. The summed E-state index contributed by atoms with van der Waals surface area (Å²) in [6.07, 6.45) is 0.0515. The van der Waals surface area contributed by atoms with Crippen LogP contribution in [0.25, 0.3) is 0 Å². The highest BCUT2D eigenvalue weighted by atomic mass is 32.2. The number of benzene rings is 2. The van der Waals surface area contributed by atoms with Gasteiger partial charge in [-0.3, -0.25) is 4.79 Å². The highest BCUT2D eigenvalue weighted by molar-refractivity contribution is 7.89. The molecule has 8 heteroatoms. The predicted molar refractivity (Wildman–Crippen MR) is 117 cm³/mol. The van der Waals surface area contributed by atoms with Crippen molar-refractivity contribution in [3.63, 3.8) is 0 Å². The maximum absolute atomic E-state index is 13.5. The third-order valence-electron chi connectivity index (χ3n) is 5.45. The summed E-state index contributed by atoms with van der Waals surface area (Å²) in [6, 6.07) is 13.3. The number of carboxylic acids is 1. The molecule has 0 saturated carbocycles. The first-order valence-electron chi connectivity index (χ1n) is 10.3. The molecule has 2 atom stereocenters. The van der Waals surface area contributed by atoms with Crippen molar-refractivity contribution in [2.75, 3.05) is 0 Å². The summed E-state index contributed by atoms with van der Waals surface area (Å²) in [6.45, 7) is 6.00. The van der Waals surface area contributed by atoms with Crippen molar-refractivity contribution in [1.82, 2.24) is 9.21 Å². The minimum Gasteiger partial charge on any atom is -0.481 e. The van der Waals surface area contributed by atoms with Gasteiger partial charge in [-0.05, 0) is 37.0 Å². The zero-order valence-electron chi connectivity index (χ0n) is 17.9. The monoisotopic (exact) mass is 444 g/mol. The molecule has 0 aromatic heterocycles. The Balaban J connectivity index is 2.07. The van der Waals surface area contributed by atoms with Gasteiger partial charge in [0, 0.05) is 6.54 Å². The number of carbonyl (C=O) groups excluding carboxylic acids is 1. The first kappa shape index (κ1) is 22.8. The lowest BCUT2D eigenvalue weighted by atomic mass is 9.95. The van der Waals surface area contributed by atoms with E-state index in [2.05, 4.69) is 0 Å². The summed E-state index contributed by atoms with van der Waals surface area (Å²) >= 11 is 0. The van der Waals surface area contributed by atoms with Crippen molar-refractivity contribution in [1.29, 1.82) is 0 Å². The lowest BCUT2D eigenvalue weighted by Crippen LogP contribution is -2.42. The third-order valence-corrected chi connectivity index (χ3v) is 7.26. The maximum Gasteiger partial charge on any atom is 0.334 e. The second-order valence-electron chi connectivity index (χ2n) is 8.37. The van der Waals surface area contributed by atoms with Crippen molar-refractivity contribution >= 4 is 22.0 Å². The van der Waals surface area contributed by atoms with E-state index in [1.165, 1.54) is 17.0 Å². The lowest BCUT2D eigenvalue weighted by Gasteiger charge is -2.28. The van der Waals surface area contributed by atoms with Crippen LogP contribution in [0, 0.1) is 12.8 Å². The van der Waals surface area contributed by atoms with Crippen LogP contribution in [-0.2, 0) is 21.4 Å². The highest BCUT2D eigenvalue weighted by Gasteiger charge is 2.52. The molecule has 1 heterocycles. The number of rotatable bonds is 8. The molecule has 0 bridgehead atoms. The molecule has 0 radical (unpaired) electrons. The average molecular weight is 445 g/mol. The molecule has 1 aliphatic rings. The zero-order valence-corrected chi connectivity index (χ0v) is 18.7. The smallest absolute Gasteiger partial charge is 0.334 e. The van der Waals surface area contributed by atoms with Gasteiger partial charge in [-0.2, -0.15) is 0 Å². The topological polar surface area (TPSA) is 95.0 Å². The van der Waals surface area contributed by atoms with Gasteiger partial charge in [0.05, 0.1) is 23.4 Å². The van der Waals surface area contributed by atoms with Crippen LogP contribution in [-0.4, -0.2) is 46.8 Å². The predicted octanol–water partition coefficient (Wildman–Crippen LogP) is 3.88.